The molecule has 0 unspecified atom stereocenters. The van der Waals surface area contributed by atoms with Crippen LogP contribution in [0.1, 0.15) is 46.1 Å². The highest BCUT2D eigenvalue weighted by Crippen LogP contribution is 2.40. The van der Waals surface area contributed by atoms with Gasteiger partial charge in [-0.25, -0.2) is 9.67 Å². The predicted molar refractivity (Wildman–Crippen MR) is 95.1 cm³/mol. The van der Waals surface area contributed by atoms with Crippen LogP contribution in [-0.2, 0) is 0 Å². The molecular formula is C18H18N4OS. The molecule has 2 aromatic heterocycles. The van der Waals surface area contributed by atoms with Gasteiger partial charge in [0.15, 0.2) is 5.13 Å². The van der Waals surface area contributed by atoms with Gasteiger partial charge in [-0.05, 0) is 38.8 Å². The molecule has 1 N–H and O–H groups in total. The van der Waals surface area contributed by atoms with Crippen LogP contribution in [-0.4, -0.2) is 20.7 Å². The largest absolute Gasteiger partial charge is 0.298 e. The van der Waals surface area contributed by atoms with E-state index in [1.807, 2.05) is 43.5 Å². The molecule has 0 saturated heterocycles. The van der Waals surface area contributed by atoms with Gasteiger partial charge >= 0.3 is 0 Å². The Morgan fingerprint density at radius 3 is 2.71 bits per heavy atom. The molecule has 3 aromatic rings. The zero-order valence-corrected chi connectivity index (χ0v) is 14.4. The lowest BCUT2D eigenvalue weighted by molar-refractivity contribution is 0.102. The molecule has 5 nitrogen and oxygen atoms in total. The first-order valence-corrected chi connectivity index (χ1v) is 8.88. The second-order valence-corrected chi connectivity index (χ2v) is 7.06. The van der Waals surface area contributed by atoms with Crippen LogP contribution in [0.15, 0.2) is 35.8 Å². The number of hydrogen-bond donors (Lipinski definition) is 1. The summed E-state index contributed by atoms with van der Waals surface area (Å²) in [6.45, 7) is 3.95. The standard InChI is InChI=1S/C18H18N4OS/c1-11-3-7-14(8-4-11)22-12(2)15(9-19-22)17(23)21-18-20-16(10-24-18)13-5-6-13/h3-4,7-10,13H,5-6H2,1-2H3,(H,20,21,23). The summed E-state index contributed by atoms with van der Waals surface area (Å²) >= 11 is 1.48. The first-order valence-electron chi connectivity index (χ1n) is 8.00. The van der Waals surface area contributed by atoms with E-state index in [1.165, 1.54) is 29.7 Å². The molecule has 0 atom stereocenters. The van der Waals surface area contributed by atoms with Gasteiger partial charge in [0.2, 0.25) is 0 Å². The molecule has 1 fully saturated rings. The number of rotatable bonds is 4. The van der Waals surface area contributed by atoms with Crippen molar-refractivity contribution >= 4 is 22.4 Å². The number of hydrogen-bond acceptors (Lipinski definition) is 4. The predicted octanol–water partition coefficient (Wildman–Crippen LogP) is 4.08. The molecule has 2 heterocycles. The maximum absolute atomic E-state index is 12.5. The Morgan fingerprint density at radius 1 is 1.25 bits per heavy atom. The third-order valence-electron chi connectivity index (χ3n) is 4.27. The van der Waals surface area contributed by atoms with E-state index < -0.39 is 0 Å². The van der Waals surface area contributed by atoms with Gasteiger partial charge < -0.3 is 0 Å². The zero-order chi connectivity index (χ0) is 16.7. The molecule has 6 heteroatoms. The normalized spacial score (nSPS) is 13.9. The number of nitrogens with zero attached hydrogens (tertiary/aromatic N) is 3. The zero-order valence-electron chi connectivity index (χ0n) is 13.6. The van der Waals surface area contributed by atoms with E-state index in [0.717, 1.165) is 17.1 Å². The van der Waals surface area contributed by atoms with Crippen LogP contribution in [0.3, 0.4) is 0 Å². The van der Waals surface area contributed by atoms with Crippen molar-refractivity contribution in [3.8, 4) is 5.69 Å². The van der Waals surface area contributed by atoms with E-state index >= 15 is 0 Å². The summed E-state index contributed by atoms with van der Waals surface area (Å²) in [6, 6.07) is 8.07. The SMILES string of the molecule is Cc1ccc(-n2ncc(C(=O)Nc3nc(C4CC4)cs3)c2C)cc1. The molecule has 1 saturated carbocycles. The third kappa shape index (κ3) is 2.85. The van der Waals surface area contributed by atoms with Crippen LogP contribution < -0.4 is 5.32 Å². The highest BCUT2D eigenvalue weighted by atomic mass is 32.1. The molecule has 1 aromatic carbocycles. The minimum Gasteiger partial charge on any atom is -0.298 e. The second-order valence-electron chi connectivity index (χ2n) is 6.20. The first kappa shape index (κ1) is 15.1. The summed E-state index contributed by atoms with van der Waals surface area (Å²) in [5.74, 6) is 0.431. The lowest BCUT2D eigenvalue weighted by Gasteiger charge is -2.06. The van der Waals surface area contributed by atoms with Crippen LogP contribution in [0.2, 0.25) is 0 Å². The van der Waals surface area contributed by atoms with Gasteiger partial charge in [0.1, 0.15) is 0 Å². The van der Waals surface area contributed by atoms with Crippen molar-refractivity contribution in [2.24, 2.45) is 0 Å². The monoisotopic (exact) mass is 338 g/mol. The fraction of sp³-hybridized carbons (Fsp3) is 0.278. The Balaban J connectivity index is 1.55. The van der Waals surface area contributed by atoms with Crippen LogP contribution in [0.25, 0.3) is 5.69 Å². The van der Waals surface area contributed by atoms with E-state index in [0.29, 0.717) is 16.6 Å². The number of nitrogens with one attached hydrogen (secondary N) is 1. The Kier molecular flexibility index (Phi) is 3.69. The van der Waals surface area contributed by atoms with Crippen molar-refractivity contribution in [1.29, 1.82) is 0 Å². The summed E-state index contributed by atoms with van der Waals surface area (Å²) in [4.78, 5) is 17.0. The smallest absolute Gasteiger partial charge is 0.260 e. The van der Waals surface area contributed by atoms with Crippen LogP contribution in [0.4, 0.5) is 5.13 Å². The topological polar surface area (TPSA) is 59.8 Å². The molecule has 4 rings (SSSR count). The maximum atomic E-state index is 12.5. The van der Waals surface area contributed by atoms with Gasteiger partial charge in [-0.1, -0.05) is 17.7 Å². The van der Waals surface area contributed by atoms with E-state index in [2.05, 4.69) is 15.4 Å². The van der Waals surface area contributed by atoms with Crippen molar-refractivity contribution in [3.63, 3.8) is 0 Å². The molecule has 122 valence electrons. The fourth-order valence-electron chi connectivity index (χ4n) is 2.65. The number of carbonyl (C=O) groups is 1. The number of benzene rings is 1. The van der Waals surface area contributed by atoms with Gasteiger partial charge in [0.25, 0.3) is 5.91 Å². The maximum Gasteiger partial charge on any atom is 0.260 e. The second kappa shape index (κ2) is 5.87. The summed E-state index contributed by atoms with van der Waals surface area (Å²) in [5.41, 5.74) is 4.62. The Morgan fingerprint density at radius 2 is 2.00 bits per heavy atom. The number of aromatic nitrogens is 3. The lowest BCUT2D eigenvalue weighted by atomic mass is 10.2. The Hall–Kier alpha value is -2.47. The van der Waals surface area contributed by atoms with Crippen molar-refractivity contribution in [2.45, 2.75) is 32.6 Å². The molecule has 0 aliphatic heterocycles. The minimum absolute atomic E-state index is 0.164. The van der Waals surface area contributed by atoms with Gasteiger partial charge in [-0.15, -0.1) is 11.3 Å². The molecule has 0 spiro atoms. The molecule has 0 bridgehead atoms. The van der Waals surface area contributed by atoms with Gasteiger partial charge in [-0.3, -0.25) is 10.1 Å². The van der Waals surface area contributed by atoms with E-state index in [9.17, 15) is 4.79 Å². The number of thiazole rings is 1. The molecule has 24 heavy (non-hydrogen) atoms. The van der Waals surface area contributed by atoms with Gasteiger partial charge in [0.05, 0.1) is 28.8 Å². The molecule has 1 aliphatic carbocycles. The van der Waals surface area contributed by atoms with Crippen LogP contribution in [0, 0.1) is 13.8 Å². The first-order chi connectivity index (χ1) is 11.6. The Labute approximate surface area is 144 Å². The van der Waals surface area contributed by atoms with Crippen molar-refractivity contribution in [3.05, 3.63) is 58.4 Å². The highest BCUT2D eigenvalue weighted by Gasteiger charge is 2.26. The minimum atomic E-state index is -0.164. The van der Waals surface area contributed by atoms with Crippen molar-refractivity contribution in [1.82, 2.24) is 14.8 Å². The molecule has 1 aliphatic rings. The third-order valence-corrected chi connectivity index (χ3v) is 5.05. The highest BCUT2D eigenvalue weighted by molar-refractivity contribution is 7.14. The average molecular weight is 338 g/mol. The summed E-state index contributed by atoms with van der Waals surface area (Å²) in [5, 5.41) is 9.95. The molecule has 1 amide bonds. The van der Waals surface area contributed by atoms with Crippen molar-refractivity contribution in [2.75, 3.05) is 5.32 Å². The number of carbonyl (C=O) groups excluding carboxylic acids is 1. The summed E-state index contributed by atoms with van der Waals surface area (Å²) in [7, 11) is 0. The number of aryl methyl sites for hydroxylation is 1. The number of anilines is 1. The fourth-order valence-corrected chi connectivity index (χ4v) is 3.44. The lowest BCUT2D eigenvalue weighted by Crippen LogP contribution is -2.13. The summed E-state index contributed by atoms with van der Waals surface area (Å²) in [6.07, 6.45) is 4.03. The van der Waals surface area contributed by atoms with Crippen molar-refractivity contribution < 1.29 is 4.79 Å². The summed E-state index contributed by atoms with van der Waals surface area (Å²) < 4.78 is 1.78. The van der Waals surface area contributed by atoms with Gasteiger partial charge in [-0.2, -0.15) is 5.10 Å². The average Bonchev–Trinajstić information content (AvgIpc) is 3.20. The van der Waals surface area contributed by atoms with E-state index in [4.69, 9.17) is 0 Å². The quantitative estimate of drug-likeness (QED) is 0.780. The van der Waals surface area contributed by atoms with Gasteiger partial charge in [0, 0.05) is 11.3 Å². The van der Waals surface area contributed by atoms with Crippen LogP contribution >= 0.6 is 11.3 Å². The number of amides is 1. The van der Waals surface area contributed by atoms with E-state index in [1.54, 1.807) is 10.9 Å². The Bertz CT molecular complexity index is 890. The van der Waals surface area contributed by atoms with E-state index in [-0.39, 0.29) is 5.91 Å². The molecular weight excluding hydrogens is 320 g/mol. The molecule has 0 radical (unpaired) electrons. The van der Waals surface area contributed by atoms with Crippen LogP contribution in [0.5, 0.6) is 0 Å².